The average Bonchev–Trinajstić information content (AvgIpc) is 2.14. The van der Waals surface area contributed by atoms with Gasteiger partial charge in [0, 0.05) is 13.0 Å². The molecule has 1 saturated heterocycles. The molecule has 3 N–H and O–H groups in total. The van der Waals surface area contributed by atoms with Gasteiger partial charge in [0.25, 0.3) is 0 Å². The maximum atomic E-state index is 8.87. The third-order valence-corrected chi connectivity index (χ3v) is 1.27. The number of hydrogen-bond acceptors (Lipinski definition) is 3. The zero-order valence-electron chi connectivity index (χ0n) is 4.89. The Kier molecular flexibility index (Phi) is 1.83. The van der Waals surface area contributed by atoms with E-state index in [9.17, 15) is 0 Å². The van der Waals surface area contributed by atoms with Gasteiger partial charge in [-0.2, -0.15) is 0 Å². The largest absolute Gasteiger partial charge is 0.391 e. The molecule has 1 heterocycles. The topological polar surface area (TPSA) is 44.3 Å². The van der Waals surface area contributed by atoms with Gasteiger partial charge in [-0.15, -0.1) is 0 Å². The van der Waals surface area contributed by atoms with Gasteiger partial charge in [0.15, 0.2) is 0 Å². The number of hydrogen-bond donors (Lipinski definition) is 3. The Morgan fingerprint density at radius 2 is 2.62 bits per heavy atom. The first-order valence-corrected chi connectivity index (χ1v) is 2.76. The highest BCUT2D eigenvalue weighted by atomic mass is 16.3. The monoisotopic (exact) mass is 115 g/mol. The summed E-state index contributed by atoms with van der Waals surface area (Å²) in [5, 5.41) is 14.9. The van der Waals surface area contributed by atoms with Crippen LogP contribution in [0, 0.1) is 6.42 Å². The van der Waals surface area contributed by atoms with Gasteiger partial charge < -0.3 is 10.4 Å². The molecule has 1 rings (SSSR count). The summed E-state index contributed by atoms with van der Waals surface area (Å²) >= 11 is 0. The molecule has 1 fully saturated rings. The lowest BCUT2D eigenvalue weighted by Crippen LogP contribution is -2.34. The molecule has 3 heteroatoms. The molecule has 47 valence electrons. The van der Waals surface area contributed by atoms with E-state index in [0.29, 0.717) is 6.54 Å². The molecule has 0 aromatic heterocycles. The molecule has 0 aromatic carbocycles. The van der Waals surface area contributed by atoms with Crippen LogP contribution in [0.4, 0.5) is 0 Å². The minimum absolute atomic E-state index is 0.199. The van der Waals surface area contributed by atoms with Crippen LogP contribution in [0.25, 0.3) is 0 Å². The quantitative estimate of drug-likeness (QED) is 0.398. The Hall–Kier alpha value is -0.120. The fourth-order valence-corrected chi connectivity index (χ4v) is 0.804. The molecule has 0 aliphatic carbocycles. The van der Waals surface area contributed by atoms with E-state index >= 15 is 0 Å². The van der Waals surface area contributed by atoms with Gasteiger partial charge in [-0.25, -0.2) is 0 Å². The van der Waals surface area contributed by atoms with E-state index in [-0.39, 0.29) is 12.3 Å². The summed E-state index contributed by atoms with van der Waals surface area (Å²) in [5.74, 6) is 0. The van der Waals surface area contributed by atoms with E-state index in [2.05, 4.69) is 10.6 Å². The third kappa shape index (κ3) is 1.18. The highest BCUT2D eigenvalue weighted by Gasteiger charge is 2.19. The summed E-state index contributed by atoms with van der Waals surface area (Å²) in [7, 11) is 1.85. The van der Waals surface area contributed by atoms with Gasteiger partial charge in [-0.1, -0.05) is 0 Å². The molecule has 1 aliphatic rings. The molecule has 3 nitrogen and oxygen atoms in total. The van der Waals surface area contributed by atoms with Crippen LogP contribution in [0.15, 0.2) is 0 Å². The minimum Gasteiger partial charge on any atom is -0.391 e. The van der Waals surface area contributed by atoms with Gasteiger partial charge in [0.1, 0.15) is 0 Å². The van der Waals surface area contributed by atoms with Crippen LogP contribution in [-0.4, -0.2) is 31.0 Å². The lowest BCUT2D eigenvalue weighted by molar-refractivity contribution is 0.226. The molecular formula is C5H11N2O. The Balaban J connectivity index is 2.22. The zero-order valence-corrected chi connectivity index (χ0v) is 4.89. The van der Waals surface area contributed by atoms with Crippen molar-refractivity contribution >= 4 is 0 Å². The molecule has 2 atom stereocenters. The molecule has 8 heavy (non-hydrogen) atoms. The van der Waals surface area contributed by atoms with E-state index in [0.717, 1.165) is 0 Å². The van der Waals surface area contributed by atoms with Crippen LogP contribution in [0.3, 0.4) is 0 Å². The molecule has 0 spiro atoms. The lowest BCUT2D eigenvalue weighted by atomic mass is 10.3. The Bertz CT molecular complexity index is 76.8. The summed E-state index contributed by atoms with van der Waals surface area (Å²) in [6.45, 7) is 0.672. The fourth-order valence-electron chi connectivity index (χ4n) is 0.804. The molecule has 0 saturated carbocycles. The van der Waals surface area contributed by atoms with E-state index in [1.165, 1.54) is 0 Å². The average molecular weight is 115 g/mol. The molecule has 1 aliphatic heterocycles. The van der Waals surface area contributed by atoms with Gasteiger partial charge in [0.05, 0.1) is 12.3 Å². The predicted octanol–water partition coefficient (Wildman–Crippen LogP) is -1.30. The van der Waals surface area contributed by atoms with E-state index in [1.54, 1.807) is 0 Å². The standard InChI is InChI=1S/C5H11N2O/c1-6-5-2-4(8)3-7-5/h2,4-8H,3H2,1H3. The maximum Gasteiger partial charge on any atom is 0.0725 e. The molecule has 1 radical (unpaired) electrons. The maximum absolute atomic E-state index is 8.87. The summed E-state index contributed by atoms with van der Waals surface area (Å²) in [4.78, 5) is 0. The second kappa shape index (κ2) is 2.44. The fraction of sp³-hybridized carbons (Fsp3) is 0.800. The smallest absolute Gasteiger partial charge is 0.0725 e. The van der Waals surface area contributed by atoms with Gasteiger partial charge in [-0.05, 0) is 7.05 Å². The van der Waals surface area contributed by atoms with E-state index in [4.69, 9.17) is 5.11 Å². The lowest BCUT2D eigenvalue weighted by Gasteiger charge is -2.04. The highest BCUT2D eigenvalue weighted by Crippen LogP contribution is 1.99. The van der Waals surface area contributed by atoms with Crippen molar-refractivity contribution < 1.29 is 5.11 Å². The van der Waals surface area contributed by atoms with Crippen LogP contribution < -0.4 is 10.6 Å². The summed E-state index contributed by atoms with van der Waals surface area (Å²) in [5.41, 5.74) is 0. The van der Waals surface area contributed by atoms with Crippen LogP contribution in [0.1, 0.15) is 0 Å². The Morgan fingerprint density at radius 1 is 1.88 bits per heavy atom. The number of rotatable bonds is 1. The van der Waals surface area contributed by atoms with Crippen molar-refractivity contribution in [2.75, 3.05) is 13.6 Å². The van der Waals surface area contributed by atoms with Crippen molar-refractivity contribution in [2.45, 2.75) is 12.3 Å². The first kappa shape index (κ1) is 6.01. The second-order valence-electron chi connectivity index (χ2n) is 1.93. The van der Waals surface area contributed by atoms with Crippen LogP contribution in [0.5, 0.6) is 0 Å². The normalized spacial score (nSPS) is 38.2. The SMILES string of the molecule is CNC1[CH]C(O)CN1. The summed E-state index contributed by atoms with van der Waals surface area (Å²) < 4.78 is 0. The number of nitrogens with one attached hydrogen (secondary N) is 2. The predicted molar refractivity (Wildman–Crippen MR) is 31.2 cm³/mol. The first-order chi connectivity index (χ1) is 3.83. The van der Waals surface area contributed by atoms with Crippen LogP contribution in [0.2, 0.25) is 0 Å². The zero-order chi connectivity index (χ0) is 5.98. The second-order valence-corrected chi connectivity index (χ2v) is 1.93. The number of β-amino-alcohol motifs (C(OH)–C–C–N with tert-alkyl or cyclic N) is 1. The van der Waals surface area contributed by atoms with Crippen molar-refractivity contribution in [1.82, 2.24) is 10.6 Å². The van der Waals surface area contributed by atoms with Crippen LogP contribution >= 0.6 is 0 Å². The van der Waals surface area contributed by atoms with Gasteiger partial charge >= 0.3 is 0 Å². The molecule has 0 amide bonds. The van der Waals surface area contributed by atoms with E-state index < -0.39 is 0 Å². The molecule has 0 aromatic rings. The third-order valence-electron chi connectivity index (χ3n) is 1.27. The minimum atomic E-state index is -0.271. The van der Waals surface area contributed by atoms with Gasteiger partial charge in [0.2, 0.25) is 0 Å². The number of aliphatic hydroxyl groups is 1. The van der Waals surface area contributed by atoms with Crippen molar-refractivity contribution in [3.63, 3.8) is 0 Å². The summed E-state index contributed by atoms with van der Waals surface area (Å²) in [6.07, 6.45) is 1.76. The Labute approximate surface area is 49.1 Å². The van der Waals surface area contributed by atoms with E-state index in [1.807, 2.05) is 13.5 Å². The summed E-state index contributed by atoms with van der Waals surface area (Å²) in [6, 6.07) is 0. The molecular weight excluding hydrogens is 104 g/mol. The van der Waals surface area contributed by atoms with Crippen molar-refractivity contribution in [3.05, 3.63) is 6.42 Å². The Morgan fingerprint density at radius 3 is 2.88 bits per heavy atom. The number of aliphatic hydroxyl groups excluding tert-OH is 1. The highest BCUT2D eigenvalue weighted by molar-refractivity contribution is 4.94. The molecule has 0 bridgehead atoms. The van der Waals surface area contributed by atoms with Crippen molar-refractivity contribution in [1.29, 1.82) is 0 Å². The van der Waals surface area contributed by atoms with Crippen molar-refractivity contribution in [2.24, 2.45) is 0 Å². The van der Waals surface area contributed by atoms with Crippen molar-refractivity contribution in [3.8, 4) is 0 Å². The first-order valence-electron chi connectivity index (χ1n) is 2.76. The molecule has 2 unspecified atom stereocenters. The van der Waals surface area contributed by atoms with Gasteiger partial charge in [-0.3, -0.25) is 5.32 Å². The van der Waals surface area contributed by atoms with Crippen LogP contribution in [-0.2, 0) is 0 Å².